The molecule has 0 bridgehead atoms. The van der Waals surface area contributed by atoms with Gasteiger partial charge in [0, 0.05) is 5.56 Å². The van der Waals surface area contributed by atoms with Crippen molar-refractivity contribution in [1.29, 1.82) is 0 Å². The van der Waals surface area contributed by atoms with Gasteiger partial charge in [-0.1, -0.05) is 29.8 Å². The first-order valence-electron chi connectivity index (χ1n) is 7.99. The van der Waals surface area contributed by atoms with Crippen LogP contribution in [-0.2, 0) is 0 Å². The number of methoxy groups -OCH3 is 1. The van der Waals surface area contributed by atoms with Gasteiger partial charge in [-0.05, 0) is 55.8 Å². The molecule has 120 valence electrons. The summed E-state index contributed by atoms with van der Waals surface area (Å²) in [6, 6.07) is 16.5. The van der Waals surface area contributed by atoms with Crippen LogP contribution in [0.1, 0.15) is 22.5 Å². The van der Waals surface area contributed by atoms with Crippen molar-refractivity contribution < 1.29 is 9.15 Å². The van der Waals surface area contributed by atoms with E-state index in [1.54, 1.807) is 7.11 Å². The van der Waals surface area contributed by atoms with Crippen molar-refractivity contribution in [1.82, 2.24) is 0 Å². The third kappa shape index (κ3) is 2.29. The highest BCUT2D eigenvalue weighted by atomic mass is 16.5. The first-order chi connectivity index (χ1) is 11.7. The van der Waals surface area contributed by atoms with Crippen molar-refractivity contribution >= 4 is 29.4 Å². The summed E-state index contributed by atoms with van der Waals surface area (Å²) in [7, 11) is 1.69. The molecule has 0 unspecified atom stereocenters. The number of hydrogen-bond acceptors (Lipinski definition) is 3. The van der Waals surface area contributed by atoms with Crippen LogP contribution >= 0.6 is 0 Å². The maximum atomic E-state index is 6.06. The molecule has 3 heteroatoms. The lowest BCUT2D eigenvalue weighted by Gasteiger charge is -2.25. The van der Waals surface area contributed by atoms with Gasteiger partial charge in [-0.3, -0.25) is 4.90 Å². The van der Waals surface area contributed by atoms with Crippen LogP contribution in [0, 0.1) is 13.8 Å². The Morgan fingerprint density at radius 3 is 2.50 bits per heavy atom. The Balaban J connectivity index is 2.02. The second-order valence-corrected chi connectivity index (χ2v) is 6.02. The number of benzene rings is 2. The summed E-state index contributed by atoms with van der Waals surface area (Å²) in [5.74, 6) is 2.52. The predicted octanol–water partition coefficient (Wildman–Crippen LogP) is 5.86. The van der Waals surface area contributed by atoms with Gasteiger partial charge in [0.05, 0.1) is 18.5 Å². The number of fused-ring (bicyclic) bond motifs is 2. The highest BCUT2D eigenvalue weighted by Crippen LogP contribution is 2.46. The highest BCUT2D eigenvalue weighted by Gasteiger charge is 2.25. The molecule has 2 heterocycles. The van der Waals surface area contributed by atoms with Crippen LogP contribution in [0.3, 0.4) is 0 Å². The molecule has 0 spiro atoms. The molecule has 24 heavy (non-hydrogen) atoms. The van der Waals surface area contributed by atoms with Crippen molar-refractivity contribution in [3.05, 3.63) is 71.0 Å². The molecule has 0 atom stereocenters. The molecule has 4 rings (SSSR count). The second-order valence-electron chi connectivity index (χ2n) is 6.02. The van der Waals surface area contributed by atoms with Crippen molar-refractivity contribution in [2.75, 3.05) is 12.0 Å². The van der Waals surface area contributed by atoms with Crippen molar-refractivity contribution in [3.63, 3.8) is 0 Å². The minimum absolute atomic E-state index is 0.811. The van der Waals surface area contributed by atoms with Crippen LogP contribution in [-0.4, -0.2) is 7.11 Å². The van der Waals surface area contributed by atoms with E-state index in [9.17, 15) is 0 Å². The topological polar surface area (TPSA) is 25.6 Å². The van der Waals surface area contributed by atoms with Crippen LogP contribution < -0.4 is 9.64 Å². The molecular weight excluding hydrogens is 298 g/mol. The van der Waals surface area contributed by atoms with E-state index in [0.717, 1.165) is 39.9 Å². The Morgan fingerprint density at radius 1 is 0.875 bits per heavy atom. The van der Waals surface area contributed by atoms with E-state index in [1.165, 1.54) is 5.56 Å². The molecule has 0 fully saturated rings. The van der Waals surface area contributed by atoms with E-state index in [4.69, 9.17) is 9.15 Å². The number of rotatable bonds is 2. The van der Waals surface area contributed by atoms with Gasteiger partial charge in [-0.25, -0.2) is 0 Å². The minimum Gasteiger partial charge on any atom is -0.495 e. The van der Waals surface area contributed by atoms with E-state index in [1.807, 2.05) is 25.1 Å². The van der Waals surface area contributed by atoms with E-state index < -0.39 is 0 Å². The van der Waals surface area contributed by atoms with E-state index in [-0.39, 0.29) is 0 Å². The molecule has 1 aromatic heterocycles. The lowest BCUT2D eigenvalue weighted by Crippen LogP contribution is -2.12. The zero-order valence-corrected chi connectivity index (χ0v) is 14.0. The fourth-order valence-electron chi connectivity index (χ4n) is 3.17. The SMILES string of the molecule is COc1ccccc1N1c2ccc(C)cc2C=Cc2cc(C)oc21. The van der Waals surface area contributed by atoms with Gasteiger partial charge in [0.15, 0.2) is 0 Å². The third-order valence-corrected chi connectivity index (χ3v) is 4.26. The molecule has 1 aliphatic heterocycles. The molecule has 3 nitrogen and oxygen atoms in total. The van der Waals surface area contributed by atoms with Gasteiger partial charge in [0.2, 0.25) is 5.88 Å². The van der Waals surface area contributed by atoms with Gasteiger partial charge in [0.1, 0.15) is 11.5 Å². The summed E-state index contributed by atoms with van der Waals surface area (Å²) >= 11 is 0. The average Bonchev–Trinajstić information content (AvgIpc) is 2.89. The van der Waals surface area contributed by atoms with Crippen LogP contribution in [0.15, 0.2) is 52.9 Å². The van der Waals surface area contributed by atoms with Crippen LogP contribution in [0.4, 0.5) is 17.3 Å². The molecule has 0 aliphatic carbocycles. The lowest BCUT2D eigenvalue weighted by molar-refractivity contribution is 0.415. The van der Waals surface area contributed by atoms with E-state index in [0.29, 0.717) is 0 Å². The number of para-hydroxylation sites is 2. The fourth-order valence-corrected chi connectivity index (χ4v) is 3.17. The number of ether oxygens (including phenoxy) is 1. The molecule has 0 saturated carbocycles. The Kier molecular flexibility index (Phi) is 3.42. The molecule has 2 aromatic carbocycles. The minimum atomic E-state index is 0.811. The summed E-state index contributed by atoms with van der Waals surface area (Å²) in [5, 5.41) is 0. The number of aryl methyl sites for hydroxylation is 2. The fraction of sp³-hybridized carbons (Fsp3) is 0.143. The zero-order chi connectivity index (χ0) is 16.7. The normalized spacial score (nSPS) is 12.5. The van der Waals surface area contributed by atoms with Gasteiger partial charge < -0.3 is 9.15 Å². The van der Waals surface area contributed by atoms with Crippen molar-refractivity contribution in [3.8, 4) is 5.75 Å². The zero-order valence-electron chi connectivity index (χ0n) is 14.0. The number of anilines is 3. The quantitative estimate of drug-likeness (QED) is 0.463. The third-order valence-electron chi connectivity index (χ3n) is 4.26. The highest BCUT2D eigenvalue weighted by molar-refractivity contribution is 5.92. The maximum Gasteiger partial charge on any atom is 0.212 e. The summed E-state index contributed by atoms with van der Waals surface area (Å²) in [6.45, 7) is 4.08. The number of nitrogens with zero attached hydrogens (tertiary/aromatic N) is 1. The Morgan fingerprint density at radius 2 is 1.67 bits per heavy atom. The Bertz CT molecular complexity index is 937. The van der Waals surface area contributed by atoms with E-state index in [2.05, 4.69) is 54.3 Å². The van der Waals surface area contributed by atoms with Gasteiger partial charge in [-0.2, -0.15) is 0 Å². The maximum absolute atomic E-state index is 6.06. The molecule has 0 N–H and O–H groups in total. The average molecular weight is 317 g/mol. The summed E-state index contributed by atoms with van der Waals surface area (Å²) in [4.78, 5) is 2.13. The standard InChI is InChI=1S/C21H19NO2/c1-14-8-11-18-16(12-14)9-10-17-13-15(2)24-21(17)22(18)19-6-4-5-7-20(19)23-3/h4-13H,1-3H3. The summed E-state index contributed by atoms with van der Waals surface area (Å²) in [5.41, 5.74) is 5.49. The van der Waals surface area contributed by atoms with Crippen molar-refractivity contribution in [2.45, 2.75) is 13.8 Å². The Hall–Kier alpha value is -2.94. The largest absolute Gasteiger partial charge is 0.495 e. The molecule has 3 aromatic rings. The molecule has 1 aliphatic rings. The van der Waals surface area contributed by atoms with Crippen LogP contribution in [0.5, 0.6) is 5.75 Å². The van der Waals surface area contributed by atoms with Crippen LogP contribution in [0.25, 0.3) is 12.2 Å². The Labute approximate surface area is 141 Å². The lowest BCUT2D eigenvalue weighted by atomic mass is 10.1. The number of hydrogen-bond donors (Lipinski definition) is 0. The monoisotopic (exact) mass is 317 g/mol. The first kappa shape index (κ1) is 14.6. The molecule has 0 amide bonds. The summed E-state index contributed by atoms with van der Waals surface area (Å²) in [6.07, 6.45) is 4.26. The van der Waals surface area contributed by atoms with Crippen LogP contribution in [0.2, 0.25) is 0 Å². The second kappa shape index (κ2) is 5.60. The van der Waals surface area contributed by atoms with Gasteiger partial charge in [0.25, 0.3) is 0 Å². The van der Waals surface area contributed by atoms with Crippen molar-refractivity contribution in [2.24, 2.45) is 0 Å². The van der Waals surface area contributed by atoms with E-state index >= 15 is 0 Å². The number of furan rings is 1. The first-order valence-corrected chi connectivity index (χ1v) is 7.99. The molecule has 0 saturated heterocycles. The van der Waals surface area contributed by atoms with Gasteiger partial charge in [-0.15, -0.1) is 0 Å². The molecule has 0 radical (unpaired) electrons. The summed E-state index contributed by atoms with van der Waals surface area (Å²) < 4.78 is 11.7. The predicted molar refractivity (Wildman–Crippen MR) is 98.3 cm³/mol. The molecular formula is C21H19NO2. The smallest absolute Gasteiger partial charge is 0.212 e. The van der Waals surface area contributed by atoms with Gasteiger partial charge >= 0.3 is 0 Å².